The molecule has 0 nitrogen and oxygen atoms in total. The molecule has 1 rings (SSSR count). The Bertz CT molecular complexity index is 191. The monoisotopic (exact) mass is 174 g/mol. The maximum Gasteiger partial charge on any atom is 0.0337 e. The summed E-state index contributed by atoms with van der Waals surface area (Å²) in [4.78, 5) is 1.48. The van der Waals surface area contributed by atoms with Gasteiger partial charge in [0.15, 0.2) is 0 Å². The molecule has 0 saturated carbocycles. The van der Waals surface area contributed by atoms with Crippen molar-refractivity contribution >= 4 is 23.4 Å². The van der Waals surface area contributed by atoms with Gasteiger partial charge in [-0.25, -0.2) is 0 Å². The Morgan fingerprint density at radius 2 is 2.40 bits per heavy atom. The van der Waals surface area contributed by atoms with Crippen LogP contribution in [0.25, 0.3) is 0 Å². The van der Waals surface area contributed by atoms with Crippen LogP contribution in [0.4, 0.5) is 0 Å². The highest BCUT2D eigenvalue weighted by Gasteiger charge is 2.06. The van der Waals surface area contributed by atoms with E-state index in [0.29, 0.717) is 0 Å². The fourth-order valence-corrected chi connectivity index (χ4v) is 2.22. The van der Waals surface area contributed by atoms with Gasteiger partial charge in [-0.15, -0.1) is 11.8 Å². The van der Waals surface area contributed by atoms with Crippen molar-refractivity contribution in [1.82, 2.24) is 0 Å². The van der Waals surface area contributed by atoms with Gasteiger partial charge in [-0.05, 0) is 29.9 Å². The molecule has 1 aliphatic heterocycles. The van der Waals surface area contributed by atoms with Crippen molar-refractivity contribution in [2.75, 3.05) is 5.75 Å². The lowest BCUT2D eigenvalue weighted by atomic mass is 10.2. The first-order valence-electron chi connectivity index (χ1n) is 3.42. The van der Waals surface area contributed by atoms with Crippen LogP contribution in [0.2, 0.25) is 0 Å². The van der Waals surface area contributed by atoms with Crippen molar-refractivity contribution < 1.29 is 0 Å². The number of hydrogen-bond donors (Lipinski definition) is 0. The Kier molecular flexibility index (Phi) is 2.87. The predicted octanol–water partition coefficient (Wildman–Crippen LogP) is 3.54. The molecule has 0 aromatic carbocycles. The first-order chi connectivity index (χ1) is 4.74. The number of allylic oxidation sites excluding steroid dienone is 3. The van der Waals surface area contributed by atoms with Gasteiger partial charge >= 0.3 is 0 Å². The zero-order valence-corrected chi connectivity index (χ0v) is 7.85. The summed E-state index contributed by atoms with van der Waals surface area (Å²) in [6.45, 7) is 4.30. The summed E-state index contributed by atoms with van der Waals surface area (Å²) in [5, 5.41) is 0.972. The topological polar surface area (TPSA) is 0 Å². The lowest BCUT2D eigenvalue weighted by molar-refractivity contribution is 1.16. The molecule has 0 aromatic rings. The smallest absolute Gasteiger partial charge is 0.0337 e. The van der Waals surface area contributed by atoms with E-state index in [-0.39, 0.29) is 0 Å². The molecule has 0 spiro atoms. The molecular weight excluding hydrogens is 164 g/mol. The molecule has 0 radical (unpaired) electrons. The second-order valence-corrected chi connectivity index (χ2v) is 3.90. The fraction of sp³-hybridized carbons (Fsp3) is 0.500. The van der Waals surface area contributed by atoms with E-state index in [9.17, 15) is 0 Å². The number of hydrogen-bond acceptors (Lipinski definition) is 1. The summed E-state index contributed by atoms with van der Waals surface area (Å²) in [6.07, 6.45) is 3.20. The molecule has 0 amide bonds. The molecule has 56 valence electrons. The molecule has 0 saturated heterocycles. The Labute approximate surface area is 71.3 Å². The second kappa shape index (κ2) is 3.49. The molecule has 0 aliphatic carbocycles. The van der Waals surface area contributed by atoms with Gasteiger partial charge in [-0.3, -0.25) is 0 Å². The highest BCUT2D eigenvalue weighted by molar-refractivity contribution is 8.03. The lowest BCUT2D eigenvalue weighted by Crippen LogP contribution is -1.91. The SMILES string of the molecule is CCC1=C(C)C=C(Cl)CS1. The van der Waals surface area contributed by atoms with Gasteiger partial charge in [0, 0.05) is 10.8 Å². The predicted molar refractivity (Wildman–Crippen MR) is 49.4 cm³/mol. The molecule has 0 aromatic heterocycles. The maximum atomic E-state index is 5.84. The van der Waals surface area contributed by atoms with E-state index in [2.05, 4.69) is 19.9 Å². The van der Waals surface area contributed by atoms with Crippen molar-refractivity contribution in [1.29, 1.82) is 0 Å². The van der Waals surface area contributed by atoms with Crippen LogP contribution >= 0.6 is 23.4 Å². The van der Waals surface area contributed by atoms with E-state index in [1.165, 1.54) is 10.5 Å². The first kappa shape index (κ1) is 8.22. The highest BCUT2D eigenvalue weighted by atomic mass is 35.5. The molecule has 0 unspecified atom stereocenters. The van der Waals surface area contributed by atoms with Gasteiger partial charge in [0.1, 0.15) is 0 Å². The first-order valence-corrected chi connectivity index (χ1v) is 4.79. The van der Waals surface area contributed by atoms with E-state index in [0.717, 1.165) is 17.2 Å². The molecule has 1 aliphatic rings. The van der Waals surface area contributed by atoms with Gasteiger partial charge in [0.25, 0.3) is 0 Å². The van der Waals surface area contributed by atoms with Gasteiger partial charge in [-0.2, -0.15) is 0 Å². The third kappa shape index (κ3) is 1.80. The number of thioether (sulfide) groups is 1. The fourth-order valence-electron chi connectivity index (χ4n) is 1.01. The van der Waals surface area contributed by atoms with E-state index in [1.807, 2.05) is 11.8 Å². The molecule has 1 heterocycles. The molecule has 0 fully saturated rings. The normalized spacial score (nSPS) is 19.3. The zero-order chi connectivity index (χ0) is 7.56. The van der Waals surface area contributed by atoms with E-state index in [1.54, 1.807) is 0 Å². The summed E-state index contributed by atoms with van der Waals surface area (Å²) in [6, 6.07) is 0. The van der Waals surface area contributed by atoms with E-state index in [4.69, 9.17) is 11.6 Å². The summed E-state index contributed by atoms with van der Waals surface area (Å²) < 4.78 is 0. The van der Waals surface area contributed by atoms with Crippen molar-refractivity contribution in [3.8, 4) is 0 Å². The van der Waals surface area contributed by atoms with Crippen LogP contribution in [0.5, 0.6) is 0 Å². The third-order valence-electron chi connectivity index (χ3n) is 1.52. The van der Waals surface area contributed by atoms with Gasteiger partial charge in [-0.1, -0.05) is 18.5 Å². The Balaban J connectivity index is 2.80. The zero-order valence-electron chi connectivity index (χ0n) is 6.28. The molecule has 0 N–H and O–H groups in total. The summed E-state index contributed by atoms with van der Waals surface area (Å²) in [5.41, 5.74) is 1.34. The Hall–Kier alpha value is 0.120. The molecule has 0 bridgehead atoms. The van der Waals surface area contributed by atoms with Crippen LogP contribution in [0, 0.1) is 0 Å². The maximum absolute atomic E-state index is 5.84. The molecule has 10 heavy (non-hydrogen) atoms. The average molecular weight is 175 g/mol. The van der Waals surface area contributed by atoms with Gasteiger partial charge < -0.3 is 0 Å². The molecular formula is C8H11ClS. The van der Waals surface area contributed by atoms with E-state index >= 15 is 0 Å². The third-order valence-corrected chi connectivity index (χ3v) is 3.33. The van der Waals surface area contributed by atoms with E-state index < -0.39 is 0 Å². The average Bonchev–Trinajstić information content (AvgIpc) is 1.88. The van der Waals surface area contributed by atoms with Gasteiger partial charge in [0.2, 0.25) is 0 Å². The van der Waals surface area contributed by atoms with Crippen LogP contribution in [0.15, 0.2) is 21.6 Å². The number of halogens is 1. The quantitative estimate of drug-likeness (QED) is 0.586. The van der Waals surface area contributed by atoms with Gasteiger partial charge in [0.05, 0.1) is 0 Å². The largest absolute Gasteiger partial charge is 0.125 e. The molecule has 2 heteroatoms. The number of rotatable bonds is 1. The minimum absolute atomic E-state index is 0.960. The van der Waals surface area contributed by atoms with Crippen LogP contribution in [0.1, 0.15) is 20.3 Å². The standard InChI is InChI=1S/C8H11ClS/c1-3-8-6(2)4-7(9)5-10-8/h4H,3,5H2,1-2H3. The highest BCUT2D eigenvalue weighted by Crippen LogP contribution is 2.31. The molecule has 0 atom stereocenters. The van der Waals surface area contributed by atoms with Crippen molar-refractivity contribution in [3.63, 3.8) is 0 Å². The van der Waals surface area contributed by atoms with Crippen LogP contribution in [0.3, 0.4) is 0 Å². The van der Waals surface area contributed by atoms with Crippen LogP contribution in [-0.4, -0.2) is 5.75 Å². The minimum atomic E-state index is 0.960. The van der Waals surface area contributed by atoms with Crippen molar-refractivity contribution in [3.05, 3.63) is 21.6 Å². The minimum Gasteiger partial charge on any atom is -0.125 e. The second-order valence-electron chi connectivity index (χ2n) is 2.34. The summed E-state index contributed by atoms with van der Waals surface area (Å²) in [5.74, 6) is 0.960. The Morgan fingerprint density at radius 1 is 1.70 bits per heavy atom. The van der Waals surface area contributed by atoms with Crippen molar-refractivity contribution in [2.45, 2.75) is 20.3 Å². The lowest BCUT2D eigenvalue weighted by Gasteiger charge is -2.12. The summed E-state index contributed by atoms with van der Waals surface area (Å²) >= 11 is 7.70. The summed E-state index contributed by atoms with van der Waals surface area (Å²) in [7, 11) is 0. The van der Waals surface area contributed by atoms with Crippen LogP contribution in [-0.2, 0) is 0 Å². The Morgan fingerprint density at radius 3 is 2.90 bits per heavy atom. The van der Waals surface area contributed by atoms with Crippen molar-refractivity contribution in [2.24, 2.45) is 0 Å². The van der Waals surface area contributed by atoms with Crippen LogP contribution < -0.4 is 0 Å².